The zero-order valence-electron chi connectivity index (χ0n) is 18.1. The van der Waals surface area contributed by atoms with E-state index in [2.05, 4.69) is 30.8 Å². The standard InChI is InChI=1S/C22H24N8O2/c1-15-23-9-10-29(15)21-13-18(7-8-24-21)14-25-22(31)20(30-16(2)26-27-28-30)12-17-5-4-6-19(11-17)32-3/h4-11,13,20H,12,14H2,1-3H3,(H,25,31)/t20-/m0/s1. The molecule has 10 nitrogen and oxygen atoms in total. The van der Waals surface area contributed by atoms with Crippen molar-refractivity contribution in [1.29, 1.82) is 0 Å². The lowest BCUT2D eigenvalue weighted by Gasteiger charge is -2.18. The maximum atomic E-state index is 13.2. The highest BCUT2D eigenvalue weighted by Gasteiger charge is 2.24. The van der Waals surface area contributed by atoms with Crippen LogP contribution in [0.2, 0.25) is 0 Å². The quantitative estimate of drug-likeness (QED) is 0.453. The van der Waals surface area contributed by atoms with Crippen LogP contribution in [0.4, 0.5) is 0 Å². The molecule has 0 aliphatic rings. The van der Waals surface area contributed by atoms with Gasteiger partial charge in [-0.05, 0) is 59.7 Å². The molecule has 1 aromatic carbocycles. The average Bonchev–Trinajstić information content (AvgIpc) is 3.44. The first-order chi connectivity index (χ1) is 15.5. The minimum Gasteiger partial charge on any atom is -0.497 e. The van der Waals surface area contributed by atoms with Crippen LogP contribution in [0, 0.1) is 13.8 Å². The van der Waals surface area contributed by atoms with E-state index in [-0.39, 0.29) is 5.91 Å². The number of methoxy groups -OCH3 is 1. The number of benzene rings is 1. The number of aryl methyl sites for hydroxylation is 2. The summed E-state index contributed by atoms with van der Waals surface area (Å²) in [6, 6.07) is 10.8. The van der Waals surface area contributed by atoms with E-state index in [9.17, 15) is 4.79 Å². The van der Waals surface area contributed by atoms with Crippen molar-refractivity contribution >= 4 is 5.91 Å². The van der Waals surface area contributed by atoms with E-state index in [0.29, 0.717) is 18.8 Å². The molecular formula is C22H24N8O2. The number of pyridine rings is 1. The number of nitrogens with zero attached hydrogens (tertiary/aromatic N) is 7. The topological polar surface area (TPSA) is 113 Å². The number of carbonyl (C=O) groups is 1. The lowest BCUT2D eigenvalue weighted by Crippen LogP contribution is -2.34. The van der Waals surface area contributed by atoms with Crippen molar-refractivity contribution in [2.75, 3.05) is 7.11 Å². The number of aromatic nitrogens is 7. The van der Waals surface area contributed by atoms with Crippen LogP contribution in [-0.2, 0) is 17.8 Å². The minimum absolute atomic E-state index is 0.180. The van der Waals surface area contributed by atoms with Gasteiger partial charge in [-0.15, -0.1) is 5.10 Å². The number of amides is 1. The highest BCUT2D eigenvalue weighted by molar-refractivity contribution is 5.80. The fraction of sp³-hybridized carbons (Fsp3) is 0.273. The monoisotopic (exact) mass is 432 g/mol. The Morgan fingerprint density at radius 2 is 1.97 bits per heavy atom. The van der Waals surface area contributed by atoms with Gasteiger partial charge in [-0.3, -0.25) is 9.36 Å². The van der Waals surface area contributed by atoms with Gasteiger partial charge < -0.3 is 10.1 Å². The Bertz CT molecular complexity index is 1220. The molecule has 3 aromatic heterocycles. The van der Waals surface area contributed by atoms with Crippen LogP contribution >= 0.6 is 0 Å². The van der Waals surface area contributed by atoms with Crippen molar-refractivity contribution in [3.8, 4) is 11.6 Å². The molecule has 4 rings (SSSR count). The van der Waals surface area contributed by atoms with Gasteiger partial charge in [0.05, 0.1) is 7.11 Å². The van der Waals surface area contributed by atoms with E-state index in [4.69, 9.17) is 4.74 Å². The van der Waals surface area contributed by atoms with Gasteiger partial charge in [0.2, 0.25) is 5.91 Å². The molecule has 164 valence electrons. The maximum absolute atomic E-state index is 13.2. The molecule has 0 aliphatic carbocycles. The number of nitrogens with one attached hydrogen (secondary N) is 1. The molecule has 0 fully saturated rings. The Kier molecular flexibility index (Phi) is 6.20. The summed E-state index contributed by atoms with van der Waals surface area (Å²) < 4.78 is 8.74. The van der Waals surface area contributed by atoms with Crippen molar-refractivity contribution in [3.05, 3.63) is 77.8 Å². The van der Waals surface area contributed by atoms with Crippen LogP contribution in [0.1, 0.15) is 28.8 Å². The average molecular weight is 432 g/mol. The smallest absolute Gasteiger partial charge is 0.245 e. The highest BCUT2D eigenvalue weighted by atomic mass is 16.5. The Balaban J connectivity index is 1.52. The van der Waals surface area contributed by atoms with E-state index in [1.807, 2.05) is 54.1 Å². The van der Waals surface area contributed by atoms with Crippen LogP contribution in [-0.4, -0.2) is 47.8 Å². The zero-order valence-corrected chi connectivity index (χ0v) is 18.1. The van der Waals surface area contributed by atoms with Crippen LogP contribution in [0.25, 0.3) is 5.82 Å². The van der Waals surface area contributed by atoms with E-state index >= 15 is 0 Å². The molecule has 1 atom stereocenters. The number of imidazole rings is 1. The Hall–Kier alpha value is -4.08. The molecule has 0 saturated carbocycles. The molecule has 0 unspecified atom stereocenters. The summed E-state index contributed by atoms with van der Waals surface area (Å²) in [7, 11) is 1.61. The molecule has 0 aliphatic heterocycles. The lowest BCUT2D eigenvalue weighted by atomic mass is 10.0. The summed E-state index contributed by atoms with van der Waals surface area (Å²) >= 11 is 0. The first kappa shape index (κ1) is 21.2. The molecule has 1 amide bonds. The zero-order chi connectivity index (χ0) is 22.5. The fourth-order valence-corrected chi connectivity index (χ4v) is 3.47. The van der Waals surface area contributed by atoms with Gasteiger partial charge in [0.25, 0.3) is 0 Å². The minimum atomic E-state index is -0.602. The fourth-order valence-electron chi connectivity index (χ4n) is 3.47. The molecule has 0 radical (unpaired) electrons. The van der Waals surface area contributed by atoms with Crippen LogP contribution in [0.5, 0.6) is 5.75 Å². The third-order valence-electron chi connectivity index (χ3n) is 5.17. The van der Waals surface area contributed by atoms with Crippen molar-refractivity contribution in [2.24, 2.45) is 0 Å². The molecule has 10 heteroatoms. The lowest BCUT2D eigenvalue weighted by molar-refractivity contribution is -0.124. The number of ether oxygens (including phenoxy) is 1. The predicted octanol–water partition coefficient (Wildman–Crippen LogP) is 1.98. The summed E-state index contributed by atoms with van der Waals surface area (Å²) in [5.74, 6) is 2.70. The first-order valence-corrected chi connectivity index (χ1v) is 10.2. The third kappa shape index (κ3) is 4.64. The molecule has 4 aromatic rings. The molecule has 1 N–H and O–H groups in total. The Morgan fingerprint density at radius 1 is 1.09 bits per heavy atom. The molecule has 0 bridgehead atoms. The largest absolute Gasteiger partial charge is 0.497 e. The maximum Gasteiger partial charge on any atom is 0.245 e. The number of hydrogen-bond donors (Lipinski definition) is 1. The first-order valence-electron chi connectivity index (χ1n) is 10.2. The van der Waals surface area contributed by atoms with E-state index in [1.54, 1.807) is 31.1 Å². The Morgan fingerprint density at radius 3 is 2.69 bits per heavy atom. The summed E-state index contributed by atoms with van der Waals surface area (Å²) in [6.07, 6.45) is 5.72. The number of carbonyl (C=O) groups excluding carboxylic acids is 1. The number of rotatable bonds is 8. The molecule has 0 saturated heterocycles. The molecule has 32 heavy (non-hydrogen) atoms. The second-order valence-corrected chi connectivity index (χ2v) is 7.33. The SMILES string of the molecule is COc1cccc(C[C@@H](C(=O)NCc2ccnc(-n3ccnc3C)c2)n2nnnc2C)c1. The summed E-state index contributed by atoms with van der Waals surface area (Å²) in [6.45, 7) is 4.03. The van der Waals surface area contributed by atoms with Gasteiger partial charge in [0, 0.05) is 31.6 Å². The summed E-state index contributed by atoms with van der Waals surface area (Å²) in [5.41, 5.74) is 1.87. The van der Waals surface area contributed by atoms with Crippen molar-refractivity contribution in [3.63, 3.8) is 0 Å². The number of hydrogen-bond acceptors (Lipinski definition) is 7. The van der Waals surface area contributed by atoms with Gasteiger partial charge in [0.15, 0.2) is 0 Å². The molecule has 0 spiro atoms. The third-order valence-corrected chi connectivity index (χ3v) is 5.17. The summed E-state index contributed by atoms with van der Waals surface area (Å²) in [4.78, 5) is 21.8. The van der Waals surface area contributed by atoms with Crippen LogP contribution in [0.15, 0.2) is 55.0 Å². The van der Waals surface area contributed by atoms with Crippen molar-refractivity contribution in [1.82, 2.24) is 40.1 Å². The Labute approximate surface area is 185 Å². The second kappa shape index (κ2) is 9.38. The molecule has 3 heterocycles. The van der Waals surface area contributed by atoms with Crippen LogP contribution < -0.4 is 10.1 Å². The van der Waals surface area contributed by atoms with E-state index < -0.39 is 6.04 Å². The van der Waals surface area contributed by atoms with Gasteiger partial charge in [0.1, 0.15) is 29.3 Å². The predicted molar refractivity (Wildman–Crippen MR) is 116 cm³/mol. The number of tetrazole rings is 1. The van der Waals surface area contributed by atoms with E-state index in [1.165, 1.54) is 0 Å². The molecular weight excluding hydrogens is 408 g/mol. The summed E-state index contributed by atoms with van der Waals surface area (Å²) in [5, 5.41) is 14.7. The van der Waals surface area contributed by atoms with Gasteiger partial charge in [-0.25, -0.2) is 14.6 Å². The van der Waals surface area contributed by atoms with Crippen LogP contribution in [0.3, 0.4) is 0 Å². The highest BCUT2D eigenvalue weighted by Crippen LogP contribution is 2.19. The van der Waals surface area contributed by atoms with Crippen molar-refractivity contribution < 1.29 is 9.53 Å². The van der Waals surface area contributed by atoms with E-state index in [0.717, 1.165) is 28.5 Å². The van der Waals surface area contributed by atoms with Crippen molar-refractivity contribution in [2.45, 2.75) is 32.9 Å². The van der Waals surface area contributed by atoms with Gasteiger partial charge >= 0.3 is 0 Å². The second-order valence-electron chi connectivity index (χ2n) is 7.33. The van der Waals surface area contributed by atoms with Gasteiger partial charge in [-0.1, -0.05) is 12.1 Å². The normalized spacial score (nSPS) is 11.8. The van der Waals surface area contributed by atoms with Gasteiger partial charge in [-0.2, -0.15) is 0 Å².